The second kappa shape index (κ2) is 4.21. The van der Waals surface area contributed by atoms with E-state index < -0.39 is 0 Å². The molecule has 2 rings (SSSR count). The van der Waals surface area contributed by atoms with E-state index in [9.17, 15) is 0 Å². The highest BCUT2D eigenvalue weighted by Crippen LogP contribution is 2.07. The first-order valence-corrected chi connectivity index (χ1v) is 5.08. The molecule has 0 atom stereocenters. The Morgan fingerprint density at radius 3 is 2.87 bits per heavy atom. The number of rotatable bonds is 3. The fraction of sp³-hybridized carbons (Fsp3) is 0.364. The summed E-state index contributed by atoms with van der Waals surface area (Å²) in [5, 5.41) is 12.2. The molecule has 0 N–H and O–H groups in total. The Morgan fingerprint density at radius 1 is 1.33 bits per heavy atom. The minimum atomic E-state index is 0.621. The lowest BCUT2D eigenvalue weighted by Gasteiger charge is -2.00. The second-order valence-electron chi connectivity index (χ2n) is 3.93. The zero-order chi connectivity index (χ0) is 10.7. The average molecular weight is 202 g/mol. The van der Waals surface area contributed by atoms with Gasteiger partial charge in [0.2, 0.25) is 0 Å². The van der Waals surface area contributed by atoms with Crippen molar-refractivity contribution < 1.29 is 0 Å². The molecule has 0 saturated carbocycles. The summed E-state index contributed by atoms with van der Waals surface area (Å²) < 4.78 is 1.75. The summed E-state index contributed by atoms with van der Waals surface area (Å²) >= 11 is 0. The van der Waals surface area contributed by atoms with E-state index in [1.165, 1.54) is 0 Å². The standard InChI is InChI=1S/C11H14N4/c1-9(2)8-10-5-7-15(14-10)11-4-3-6-12-13-11/h3-7,9H,8H2,1-2H3. The van der Waals surface area contributed by atoms with Crippen molar-refractivity contribution in [1.29, 1.82) is 0 Å². The molecule has 2 aromatic heterocycles. The third-order valence-electron chi connectivity index (χ3n) is 2.05. The van der Waals surface area contributed by atoms with E-state index in [1.807, 2.05) is 24.4 Å². The average Bonchev–Trinajstić information content (AvgIpc) is 2.67. The summed E-state index contributed by atoms with van der Waals surface area (Å²) in [4.78, 5) is 0. The normalized spacial score (nSPS) is 10.9. The van der Waals surface area contributed by atoms with Crippen molar-refractivity contribution in [3.8, 4) is 5.82 Å². The molecule has 4 nitrogen and oxygen atoms in total. The third kappa shape index (κ3) is 2.40. The highest BCUT2D eigenvalue weighted by molar-refractivity contribution is 5.18. The highest BCUT2D eigenvalue weighted by atomic mass is 15.3. The first-order chi connectivity index (χ1) is 7.25. The lowest BCUT2D eigenvalue weighted by atomic mass is 10.1. The van der Waals surface area contributed by atoms with Gasteiger partial charge in [0.25, 0.3) is 0 Å². The molecule has 0 unspecified atom stereocenters. The van der Waals surface area contributed by atoms with Gasteiger partial charge in [-0.25, -0.2) is 4.68 Å². The molecular weight excluding hydrogens is 188 g/mol. The van der Waals surface area contributed by atoms with Crippen LogP contribution < -0.4 is 0 Å². The molecule has 0 saturated heterocycles. The number of hydrogen-bond donors (Lipinski definition) is 0. The van der Waals surface area contributed by atoms with E-state index in [0.29, 0.717) is 5.92 Å². The topological polar surface area (TPSA) is 43.6 Å². The molecule has 2 aromatic rings. The zero-order valence-corrected chi connectivity index (χ0v) is 8.96. The molecule has 0 aromatic carbocycles. The SMILES string of the molecule is CC(C)Cc1ccn(-c2cccnn2)n1. The van der Waals surface area contributed by atoms with E-state index in [2.05, 4.69) is 29.1 Å². The van der Waals surface area contributed by atoms with Crippen molar-refractivity contribution in [3.63, 3.8) is 0 Å². The molecule has 0 spiro atoms. The van der Waals surface area contributed by atoms with Crippen LogP contribution in [0.3, 0.4) is 0 Å². The van der Waals surface area contributed by atoms with E-state index in [-0.39, 0.29) is 0 Å². The van der Waals surface area contributed by atoms with E-state index in [4.69, 9.17) is 0 Å². The Balaban J connectivity index is 2.21. The Kier molecular flexibility index (Phi) is 2.76. The van der Waals surface area contributed by atoms with Crippen LogP contribution in [0.5, 0.6) is 0 Å². The first kappa shape index (κ1) is 9.83. The van der Waals surface area contributed by atoms with Crippen LogP contribution in [0.1, 0.15) is 19.5 Å². The molecule has 0 aliphatic heterocycles. The molecule has 2 heterocycles. The number of nitrogens with zero attached hydrogens (tertiary/aromatic N) is 4. The second-order valence-corrected chi connectivity index (χ2v) is 3.93. The molecule has 0 aliphatic carbocycles. The Hall–Kier alpha value is -1.71. The van der Waals surface area contributed by atoms with Gasteiger partial charge in [-0.05, 0) is 30.5 Å². The summed E-state index contributed by atoms with van der Waals surface area (Å²) in [7, 11) is 0. The lowest BCUT2D eigenvalue weighted by Crippen LogP contribution is -2.01. The van der Waals surface area contributed by atoms with Crippen LogP contribution in [0.15, 0.2) is 30.6 Å². The molecular formula is C11H14N4. The van der Waals surface area contributed by atoms with Crippen molar-refractivity contribution >= 4 is 0 Å². The van der Waals surface area contributed by atoms with Crippen LogP contribution in [0.25, 0.3) is 5.82 Å². The smallest absolute Gasteiger partial charge is 0.175 e. The Labute approximate surface area is 89.0 Å². The van der Waals surface area contributed by atoms with Crippen LogP contribution in [0.2, 0.25) is 0 Å². The lowest BCUT2D eigenvalue weighted by molar-refractivity contribution is 0.626. The van der Waals surface area contributed by atoms with Crippen molar-refractivity contribution in [2.75, 3.05) is 0 Å². The quantitative estimate of drug-likeness (QED) is 0.763. The fourth-order valence-corrected chi connectivity index (χ4v) is 1.43. The predicted molar refractivity (Wildman–Crippen MR) is 57.7 cm³/mol. The molecule has 4 heteroatoms. The maximum Gasteiger partial charge on any atom is 0.175 e. The number of hydrogen-bond acceptors (Lipinski definition) is 3. The van der Waals surface area contributed by atoms with Crippen LogP contribution in [-0.2, 0) is 6.42 Å². The molecule has 0 fully saturated rings. The highest BCUT2D eigenvalue weighted by Gasteiger charge is 2.03. The van der Waals surface area contributed by atoms with Crippen molar-refractivity contribution in [1.82, 2.24) is 20.0 Å². The monoisotopic (exact) mass is 202 g/mol. The maximum absolute atomic E-state index is 4.43. The molecule has 0 bridgehead atoms. The predicted octanol–water partition coefficient (Wildman–Crippen LogP) is 1.86. The maximum atomic E-state index is 4.43. The van der Waals surface area contributed by atoms with Crippen molar-refractivity contribution in [3.05, 3.63) is 36.3 Å². The van der Waals surface area contributed by atoms with Gasteiger partial charge in [0.15, 0.2) is 5.82 Å². The third-order valence-corrected chi connectivity index (χ3v) is 2.05. The van der Waals surface area contributed by atoms with Gasteiger partial charge in [-0.1, -0.05) is 13.8 Å². The molecule has 78 valence electrons. The minimum Gasteiger partial charge on any atom is -0.221 e. The van der Waals surface area contributed by atoms with E-state index in [1.54, 1.807) is 10.9 Å². The number of aromatic nitrogens is 4. The molecule has 0 aliphatic rings. The van der Waals surface area contributed by atoms with E-state index in [0.717, 1.165) is 17.9 Å². The summed E-state index contributed by atoms with van der Waals surface area (Å²) in [5.74, 6) is 1.38. The van der Waals surface area contributed by atoms with Gasteiger partial charge in [-0.3, -0.25) is 0 Å². The zero-order valence-electron chi connectivity index (χ0n) is 8.96. The van der Waals surface area contributed by atoms with Crippen molar-refractivity contribution in [2.45, 2.75) is 20.3 Å². The van der Waals surface area contributed by atoms with Gasteiger partial charge in [0, 0.05) is 12.4 Å². The summed E-state index contributed by atoms with van der Waals surface area (Å²) in [6.07, 6.45) is 4.57. The minimum absolute atomic E-state index is 0.621. The fourth-order valence-electron chi connectivity index (χ4n) is 1.43. The van der Waals surface area contributed by atoms with Crippen LogP contribution >= 0.6 is 0 Å². The Morgan fingerprint density at radius 2 is 2.20 bits per heavy atom. The molecule has 15 heavy (non-hydrogen) atoms. The van der Waals surface area contributed by atoms with Crippen LogP contribution in [-0.4, -0.2) is 20.0 Å². The van der Waals surface area contributed by atoms with Crippen molar-refractivity contribution in [2.24, 2.45) is 5.92 Å². The van der Waals surface area contributed by atoms with Crippen LogP contribution in [0.4, 0.5) is 0 Å². The van der Waals surface area contributed by atoms with Gasteiger partial charge in [-0.2, -0.15) is 10.2 Å². The molecule has 0 amide bonds. The largest absolute Gasteiger partial charge is 0.221 e. The van der Waals surface area contributed by atoms with Crippen LogP contribution in [0, 0.1) is 5.92 Å². The summed E-state index contributed by atoms with van der Waals surface area (Å²) in [5.41, 5.74) is 1.09. The van der Waals surface area contributed by atoms with Gasteiger partial charge in [0.1, 0.15) is 0 Å². The first-order valence-electron chi connectivity index (χ1n) is 5.08. The van der Waals surface area contributed by atoms with Gasteiger partial charge >= 0.3 is 0 Å². The van der Waals surface area contributed by atoms with Gasteiger partial charge < -0.3 is 0 Å². The van der Waals surface area contributed by atoms with Gasteiger partial charge in [-0.15, -0.1) is 5.10 Å². The Bertz CT molecular complexity index is 419. The summed E-state index contributed by atoms with van der Waals surface area (Å²) in [6.45, 7) is 4.36. The summed E-state index contributed by atoms with van der Waals surface area (Å²) in [6, 6.07) is 5.76. The molecule has 0 radical (unpaired) electrons. The van der Waals surface area contributed by atoms with E-state index >= 15 is 0 Å². The van der Waals surface area contributed by atoms with Gasteiger partial charge in [0.05, 0.1) is 5.69 Å².